The van der Waals surface area contributed by atoms with Crippen molar-refractivity contribution in [2.75, 3.05) is 6.54 Å². The summed E-state index contributed by atoms with van der Waals surface area (Å²) in [5.41, 5.74) is 2.95. The van der Waals surface area contributed by atoms with Crippen molar-refractivity contribution in [1.82, 2.24) is 4.90 Å². The highest BCUT2D eigenvalue weighted by molar-refractivity contribution is 5.43. The molecule has 0 spiro atoms. The largest absolute Gasteiger partial charge is 0.295 e. The molecule has 0 aromatic heterocycles. The van der Waals surface area contributed by atoms with Crippen LogP contribution in [0.4, 0.5) is 5.69 Å². The highest BCUT2D eigenvalue weighted by atomic mass is 16.6. The van der Waals surface area contributed by atoms with Crippen molar-refractivity contribution in [1.29, 1.82) is 0 Å². The molecule has 0 radical (unpaired) electrons. The van der Waals surface area contributed by atoms with Crippen molar-refractivity contribution in [3.63, 3.8) is 0 Å². The zero-order valence-corrected chi connectivity index (χ0v) is 12.3. The van der Waals surface area contributed by atoms with Crippen LogP contribution in [0.5, 0.6) is 0 Å². The number of piperidine rings is 1. The molecule has 0 saturated carbocycles. The first-order valence-electron chi connectivity index (χ1n) is 7.50. The van der Waals surface area contributed by atoms with Crippen LogP contribution in [0, 0.1) is 10.1 Å². The minimum atomic E-state index is -0.293. The van der Waals surface area contributed by atoms with Crippen LogP contribution in [-0.2, 0) is 12.8 Å². The molecule has 0 bridgehead atoms. The summed E-state index contributed by atoms with van der Waals surface area (Å²) in [4.78, 5) is 13.2. The Morgan fingerprint density at radius 3 is 2.70 bits per heavy atom. The summed E-state index contributed by atoms with van der Waals surface area (Å²) in [6, 6.07) is 5.88. The van der Waals surface area contributed by atoms with E-state index in [-0.39, 0.29) is 16.1 Å². The second-order valence-electron chi connectivity index (χ2n) is 6.74. The maximum atomic E-state index is 10.9. The molecule has 0 N–H and O–H groups in total. The molecule has 1 aliphatic heterocycles. The van der Waals surface area contributed by atoms with Crippen LogP contribution < -0.4 is 0 Å². The van der Waals surface area contributed by atoms with Crippen molar-refractivity contribution in [3.05, 3.63) is 39.4 Å². The molecule has 4 nitrogen and oxygen atoms in total. The number of nitro benzene ring substituents is 1. The fraction of sp³-hybridized carbons (Fsp3) is 0.625. The number of fused-ring (bicyclic) bond motifs is 1. The molecule has 1 aromatic carbocycles. The van der Waals surface area contributed by atoms with Gasteiger partial charge >= 0.3 is 0 Å². The van der Waals surface area contributed by atoms with Crippen LogP contribution in [-0.4, -0.2) is 27.9 Å². The maximum absolute atomic E-state index is 10.9. The Labute approximate surface area is 119 Å². The standard InChI is InChI=1S/C16H22N2O2/c1-16(2)7-3-4-8-17(16)15-9-12-5-6-14(18(19)20)10-13(12)11-15/h5-6,10,15H,3-4,7-9,11H2,1-2H3. The Morgan fingerprint density at radius 1 is 1.25 bits per heavy atom. The van der Waals surface area contributed by atoms with Crippen LogP contribution in [0.15, 0.2) is 18.2 Å². The van der Waals surface area contributed by atoms with Crippen LogP contribution in [0.25, 0.3) is 0 Å². The number of non-ortho nitro benzene ring substituents is 1. The van der Waals surface area contributed by atoms with Crippen molar-refractivity contribution < 1.29 is 4.92 Å². The average molecular weight is 274 g/mol. The average Bonchev–Trinajstić information content (AvgIpc) is 2.80. The summed E-state index contributed by atoms with van der Waals surface area (Å²) in [6.45, 7) is 5.82. The lowest BCUT2D eigenvalue weighted by Crippen LogP contribution is -2.53. The van der Waals surface area contributed by atoms with E-state index in [4.69, 9.17) is 0 Å². The summed E-state index contributed by atoms with van der Waals surface area (Å²) in [5, 5.41) is 10.9. The maximum Gasteiger partial charge on any atom is 0.269 e. The molecule has 108 valence electrons. The number of likely N-dealkylation sites (tertiary alicyclic amines) is 1. The van der Waals surface area contributed by atoms with E-state index in [1.807, 2.05) is 6.07 Å². The molecular formula is C16H22N2O2. The van der Waals surface area contributed by atoms with E-state index in [1.165, 1.54) is 30.4 Å². The number of hydrogen-bond acceptors (Lipinski definition) is 3. The van der Waals surface area contributed by atoms with Crippen molar-refractivity contribution in [2.45, 2.75) is 57.5 Å². The Hall–Kier alpha value is -1.42. The lowest BCUT2D eigenvalue weighted by Gasteiger charge is -2.46. The van der Waals surface area contributed by atoms with Crippen LogP contribution >= 0.6 is 0 Å². The normalized spacial score (nSPS) is 25.4. The van der Waals surface area contributed by atoms with Gasteiger partial charge in [-0.15, -0.1) is 0 Å². The highest BCUT2D eigenvalue weighted by Gasteiger charge is 2.37. The molecule has 1 atom stereocenters. The molecule has 1 unspecified atom stereocenters. The number of hydrogen-bond donors (Lipinski definition) is 0. The number of benzene rings is 1. The molecule has 4 heteroatoms. The van der Waals surface area contributed by atoms with Gasteiger partial charge in [-0.05, 0) is 57.2 Å². The van der Waals surface area contributed by atoms with Gasteiger partial charge in [-0.2, -0.15) is 0 Å². The number of rotatable bonds is 2. The Balaban J connectivity index is 1.81. The van der Waals surface area contributed by atoms with E-state index in [0.717, 1.165) is 19.4 Å². The molecule has 1 aromatic rings. The molecule has 1 heterocycles. The smallest absolute Gasteiger partial charge is 0.269 e. The van der Waals surface area contributed by atoms with Crippen LogP contribution in [0.3, 0.4) is 0 Å². The zero-order chi connectivity index (χ0) is 14.3. The first kappa shape index (κ1) is 13.6. The molecule has 3 rings (SSSR count). The molecule has 2 aliphatic rings. The summed E-state index contributed by atoms with van der Waals surface area (Å²) in [5.74, 6) is 0. The molecule has 20 heavy (non-hydrogen) atoms. The molecule has 1 aliphatic carbocycles. The first-order valence-corrected chi connectivity index (χ1v) is 7.50. The second kappa shape index (κ2) is 4.85. The summed E-state index contributed by atoms with van der Waals surface area (Å²) in [7, 11) is 0. The first-order chi connectivity index (χ1) is 9.47. The second-order valence-corrected chi connectivity index (χ2v) is 6.74. The number of nitro groups is 1. The molecule has 1 saturated heterocycles. The molecular weight excluding hydrogens is 252 g/mol. The fourth-order valence-electron chi connectivity index (χ4n) is 3.88. The van der Waals surface area contributed by atoms with Gasteiger partial charge in [0.1, 0.15) is 0 Å². The van der Waals surface area contributed by atoms with E-state index < -0.39 is 0 Å². The van der Waals surface area contributed by atoms with Crippen molar-refractivity contribution >= 4 is 5.69 Å². The molecule has 0 amide bonds. The van der Waals surface area contributed by atoms with E-state index in [9.17, 15) is 10.1 Å². The predicted molar refractivity (Wildman–Crippen MR) is 78.9 cm³/mol. The van der Waals surface area contributed by atoms with Crippen molar-refractivity contribution in [3.8, 4) is 0 Å². The number of nitrogens with zero attached hydrogens (tertiary/aromatic N) is 2. The summed E-state index contributed by atoms with van der Waals surface area (Å²) in [6.07, 6.45) is 5.84. The van der Waals surface area contributed by atoms with Gasteiger partial charge in [-0.25, -0.2) is 0 Å². The van der Waals surface area contributed by atoms with E-state index in [0.29, 0.717) is 6.04 Å². The van der Waals surface area contributed by atoms with Crippen LogP contribution in [0.1, 0.15) is 44.2 Å². The third kappa shape index (κ3) is 2.33. The Kier molecular flexibility index (Phi) is 3.28. The summed E-state index contributed by atoms with van der Waals surface area (Å²) < 4.78 is 0. The van der Waals surface area contributed by atoms with Crippen molar-refractivity contribution in [2.24, 2.45) is 0 Å². The zero-order valence-electron chi connectivity index (χ0n) is 12.3. The Bertz CT molecular complexity index is 539. The minimum absolute atomic E-state index is 0.224. The summed E-state index contributed by atoms with van der Waals surface area (Å²) >= 11 is 0. The lowest BCUT2D eigenvalue weighted by atomic mass is 9.88. The van der Waals surface area contributed by atoms with Gasteiger partial charge in [0.15, 0.2) is 0 Å². The quantitative estimate of drug-likeness (QED) is 0.614. The lowest BCUT2D eigenvalue weighted by molar-refractivity contribution is -0.384. The SMILES string of the molecule is CC1(C)CCCCN1C1Cc2ccc([N+](=O)[O-])cc2C1. The Morgan fingerprint density at radius 2 is 2.00 bits per heavy atom. The van der Waals surface area contributed by atoms with Gasteiger partial charge in [0.05, 0.1) is 4.92 Å². The minimum Gasteiger partial charge on any atom is -0.295 e. The third-order valence-corrected chi connectivity index (χ3v) is 4.97. The predicted octanol–water partition coefficient (Wildman–Crippen LogP) is 3.33. The van der Waals surface area contributed by atoms with Gasteiger partial charge < -0.3 is 0 Å². The van der Waals surface area contributed by atoms with Gasteiger partial charge in [-0.3, -0.25) is 15.0 Å². The van der Waals surface area contributed by atoms with Crippen LogP contribution in [0.2, 0.25) is 0 Å². The van der Waals surface area contributed by atoms with E-state index >= 15 is 0 Å². The monoisotopic (exact) mass is 274 g/mol. The van der Waals surface area contributed by atoms with E-state index in [1.54, 1.807) is 12.1 Å². The topological polar surface area (TPSA) is 46.4 Å². The van der Waals surface area contributed by atoms with Gasteiger partial charge in [0.2, 0.25) is 0 Å². The third-order valence-electron chi connectivity index (χ3n) is 4.97. The fourth-order valence-corrected chi connectivity index (χ4v) is 3.88. The van der Waals surface area contributed by atoms with Gasteiger partial charge in [-0.1, -0.05) is 12.5 Å². The van der Waals surface area contributed by atoms with E-state index in [2.05, 4.69) is 18.7 Å². The molecule has 1 fully saturated rings. The van der Waals surface area contributed by atoms with Gasteiger partial charge in [0.25, 0.3) is 5.69 Å². The van der Waals surface area contributed by atoms with Gasteiger partial charge in [0, 0.05) is 23.7 Å². The highest BCUT2D eigenvalue weighted by Crippen LogP contribution is 2.35.